The van der Waals surface area contributed by atoms with E-state index in [4.69, 9.17) is 18.6 Å². The molecule has 44 heavy (non-hydrogen) atoms. The molecule has 0 unspecified atom stereocenters. The second kappa shape index (κ2) is 17.1. The van der Waals surface area contributed by atoms with Crippen LogP contribution in [0.25, 0.3) is 43.8 Å². The normalized spacial score (nSPS) is 11.0. The van der Waals surface area contributed by atoms with Crippen LogP contribution in [0.3, 0.4) is 0 Å². The van der Waals surface area contributed by atoms with E-state index in [2.05, 4.69) is 174 Å². The van der Waals surface area contributed by atoms with Gasteiger partial charge in [0.15, 0.2) is 0 Å². The van der Waals surface area contributed by atoms with Crippen LogP contribution < -0.4 is 10.4 Å². The Bertz CT molecular complexity index is 1580. The van der Waals surface area contributed by atoms with Crippen molar-refractivity contribution in [3.05, 3.63) is 121 Å². The zero-order chi connectivity index (χ0) is 32.3. The Balaban J connectivity index is 0.000000204. The first-order valence-electron chi connectivity index (χ1n) is 15.0. The summed E-state index contributed by atoms with van der Waals surface area (Å²) in [5, 5.41) is 8.68. The molecule has 6 aromatic rings. The minimum absolute atomic E-state index is 0.556. The van der Waals surface area contributed by atoms with Crippen LogP contribution >= 0.6 is 18.6 Å². The zero-order valence-electron chi connectivity index (χ0n) is 27.3. The molecule has 2 radical (unpaired) electrons. The second-order valence-electron chi connectivity index (χ2n) is 12.8. The monoisotopic (exact) mass is 702 g/mol. The first-order valence-corrected chi connectivity index (χ1v) is 28.3. The van der Waals surface area contributed by atoms with Crippen molar-refractivity contribution >= 4 is 76.2 Å². The average Bonchev–Trinajstić information content (AvgIpc) is 3.59. The number of fused-ring (bicyclic) bond motifs is 2. The maximum absolute atomic E-state index is 4.89. The molecule has 0 spiro atoms. The molecule has 0 nitrogen and oxygen atoms in total. The molecule has 0 N–H and O–H groups in total. The maximum atomic E-state index is 4.89. The van der Waals surface area contributed by atoms with Gasteiger partial charge in [-0.15, -0.1) is 70.0 Å². The molecule has 0 saturated carbocycles. The fraction of sp³-hybridized carbons (Fsp3) is 0.211. The number of hydrogen-bond acceptors (Lipinski definition) is 0. The van der Waals surface area contributed by atoms with Gasteiger partial charge in [-0.3, -0.25) is 0 Å². The summed E-state index contributed by atoms with van der Waals surface area (Å²) >= 11 is -0.556. The molecule has 0 fully saturated rings. The molecule has 0 aliphatic carbocycles. The number of benzene rings is 4. The van der Waals surface area contributed by atoms with Crippen LogP contribution in [0.15, 0.2) is 121 Å². The number of halogens is 2. The van der Waals surface area contributed by atoms with Gasteiger partial charge < -0.3 is 0 Å². The van der Waals surface area contributed by atoms with Gasteiger partial charge in [0.1, 0.15) is 0 Å². The quantitative estimate of drug-likeness (QED) is 0.127. The van der Waals surface area contributed by atoms with Crippen molar-refractivity contribution in [1.82, 2.24) is 0 Å². The summed E-state index contributed by atoms with van der Waals surface area (Å²) in [5.74, 6) is 0. The van der Waals surface area contributed by atoms with Crippen LogP contribution in [-0.4, -0.2) is 25.7 Å². The Morgan fingerprint density at radius 1 is 0.500 bits per heavy atom. The zero-order valence-corrected chi connectivity index (χ0v) is 33.4. The van der Waals surface area contributed by atoms with Crippen LogP contribution in [0.2, 0.25) is 52.4 Å². The average molecular weight is 704 g/mol. The third-order valence-corrected chi connectivity index (χ3v) is 11.4. The molecule has 0 amide bonds. The van der Waals surface area contributed by atoms with Crippen molar-refractivity contribution < 1.29 is 17.0 Å². The van der Waals surface area contributed by atoms with Crippen molar-refractivity contribution in [3.63, 3.8) is 0 Å². The first-order chi connectivity index (χ1) is 21.0. The van der Waals surface area contributed by atoms with Crippen molar-refractivity contribution in [2.45, 2.75) is 52.4 Å². The van der Waals surface area contributed by atoms with Crippen molar-refractivity contribution in [1.29, 1.82) is 0 Å². The molecule has 0 saturated heterocycles. The molecule has 0 bridgehead atoms. The Hall–Kier alpha value is -1.96. The summed E-state index contributed by atoms with van der Waals surface area (Å²) in [6.07, 6.45) is 0. The van der Waals surface area contributed by atoms with E-state index < -0.39 is 33.2 Å². The Morgan fingerprint density at radius 2 is 0.773 bits per heavy atom. The third-order valence-electron chi connectivity index (χ3n) is 7.34. The van der Waals surface area contributed by atoms with Gasteiger partial charge in [-0.05, 0) is 0 Å². The first kappa shape index (κ1) is 36.5. The van der Waals surface area contributed by atoms with E-state index in [1.165, 1.54) is 43.8 Å². The van der Waals surface area contributed by atoms with Crippen LogP contribution in [0.5, 0.6) is 0 Å². The van der Waals surface area contributed by atoms with Crippen LogP contribution in [0, 0.1) is 0 Å². The molecule has 6 aromatic carbocycles. The summed E-state index contributed by atoms with van der Waals surface area (Å²) in [6, 6.07) is 43.9. The van der Waals surface area contributed by atoms with Crippen LogP contribution in [-0.2, 0) is 17.0 Å². The molecule has 0 aliphatic heterocycles. The van der Waals surface area contributed by atoms with Crippen LogP contribution in [0.4, 0.5) is 0 Å². The molecule has 6 rings (SSSR count). The summed E-state index contributed by atoms with van der Waals surface area (Å²) in [6.45, 7) is 18.9. The molecule has 6 heteroatoms. The summed E-state index contributed by atoms with van der Waals surface area (Å²) in [7, 11) is 8.17. The molecular formula is C38H44Cl2Si3Ti-2. The van der Waals surface area contributed by atoms with Crippen molar-refractivity contribution in [3.8, 4) is 22.3 Å². The van der Waals surface area contributed by atoms with Gasteiger partial charge in [0.2, 0.25) is 0 Å². The van der Waals surface area contributed by atoms with E-state index in [0.717, 1.165) is 9.52 Å². The molecule has 0 aromatic heterocycles. The fourth-order valence-electron chi connectivity index (χ4n) is 5.46. The Kier molecular flexibility index (Phi) is 14.2. The van der Waals surface area contributed by atoms with Gasteiger partial charge in [-0.25, -0.2) is 0 Å². The number of hydrogen-bond donors (Lipinski definition) is 0. The van der Waals surface area contributed by atoms with Gasteiger partial charge in [-0.2, -0.15) is 0 Å². The van der Waals surface area contributed by atoms with E-state index in [1.54, 1.807) is 10.4 Å². The summed E-state index contributed by atoms with van der Waals surface area (Å²) < 4.78 is 0. The molecule has 0 heterocycles. The molecular weight excluding hydrogens is 659 g/mol. The molecule has 0 atom stereocenters. The summed E-state index contributed by atoms with van der Waals surface area (Å²) in [4.78, 5) is 0. The SMILES string of the molecule is C[Si](C)(C)c1cc2ccccc2[c-]1-c1ccccc1.C[Si](C)(C)c1cc2ccccc2[c-]1-c1ccccc1.C[Si]C.[Cl][Ti][Cl]. The van der Waals surface area contributed by atoms with Crippen molar-refractivity contribution in [2.75, 3.05) is 0 Å². The molecule has 0 aliphatic rings. The third kappa shape index (κ3) is 9.53. The van der Waals surface area contributed by atoms with Gasteiger partial charge in [0.25, 0.3) is 0 Å². The Labute approximate surface area is 287 Å². The van der Waals surface area contributed by atoms with E-state index in [-0.39, 0.29) is 0 Å². The summed E-state index contributed by atoms with van der Waals surface area (Å²) in [5.41, 5.74) is 5.60. The predicted molar refractivity (Wildman–Crippen MR) is 205 cm³/mol. The number of rotatable bonds is 4. The van der Waals surface area contributed by atoms with Gasteiger partial charge >= 0.3 is 35.6 Å². The second-order valence-corrected chi connectivity index (χ2v) is 26.5. The van der Waals surface area contributed by atoms with Crippen molar-refractivity contribution in [2.24, 2.45) is 0 Å². The van der Waals surface area contributed by atoms with E-state index in [0.29, 0.717) is 0 Å². The standard InChI is InChI=1S/2C18H19Si.C2H6Si.2ClH.Ti/c2*1-19(2,3)17-13-15-11-7-8-12-16(15)18(17)14-9-5-4-6-10-14;1-3-2;;;/h2*4-13H,1-3H3;1-2H3;2*1H;/q2*-1;;;;+2/p-2. The van der Waals surface area contributed by atoms with E-state index >= 15 is 0 Å². The van der Waals surface area contributed by atoms with E-state index in [1.807, 2.05) is 0 Å². The Morgan fingerprint density at radius 3 is 1.07 bits per heavy atom. The topological polar surface area (TPSA) is 0 Å². The van der Waals surface area contributed by atoms with Gasteiger partial charge in [0.05, 0.1) is 16.1 Å². The predicted octanol–water partition coefficient (Wildman–Crippen LogP) is 11.7. The molecule has 228 valence electrons. The van der Waals surface area contributed by atoms with Gasteiger partial charge in [-0.1, -0.05) is 158 Å². The van der Waals surface area contributed by atoms with E-state index in [9.17, 15) is 0 Å². The van der Waals surface area contributed by atoms with Crippen LogP contribution in [0.1, 0.15) is 0 Å². The van der Waals surface area contributed by atoms with Gasteiger partial charge in [0, 0.05) is 9.52 Å². The minimum atomic E-state index is -1.34. The fourth-order valence-corrected chi connectivity index (χ4v) is 8.70.